The van der Waals surface area contributed by atoms with Crippen molar-refractivity contribution in [3.05, 3.63) is 52.7 Å². The molecule has 1 aromatic heterocycles. The lowest BCUT2D eigenvalue weighted by molar-refractivity contribution is -0.123. The lowest BCUT2D eigenvalue weighted by Gasteiger charge is -2.24. The summed E-state index contributed by atoms with van der Waals surface area (Å²) in [6.07, 6.45) is 0.591. The fourth-order valence-corrected chi connectivity index (χ4v) is 3.93. The second-order valence-electron chi connectivity index (χ2n) is 7.26. The first kappa shape index (κ1) is 20.9. The minimum absolute atomic E-state index is 0.180. The summed E-state index contributed by atoms with van der Waals surface area (Å²) < 4.78 is 10.3. The first-order chi connectivity index (χ1) is 14.9. The zero-order valence-corrected chi connectivity index (χ0v) is 17.7. The Morgan fingerprint density at radius 1 is 1.29 bits per heavy atom. The highest BCUT2D eigenvalue weighted by atomic mass is 35.5. The van der Waals surface area contributed by atoms with Gasteiger partial charge in [0.1, 0.15) is 11.8 Å². The number of aryl methyl sites for hydroxylation is 1. The van der Waals surface area contributed by atoms with Crippen molar-refractivity contribution in [1.82, 2.24) is 10.5 Å². The van der Waals surface area contributed by atoms with Crippen LogP contribution < -0.4 is 15.0 Å². The van der Waals surface area contributed by atoms with Crippen LogP contribution in [0.4, 0.5) is 5.69 Å². The van der Waals surface area contributed by atoms with Gasteiger partial charge in [-0.05, 0) is 49.7 Å². The molecule has 9 heteroatoms. The highest BCUT2D eigenvalue weighted by molar-refractivity contribution is 6.32. The molecular weight excluding hydrogens is 422 g/mol. The number of halogens is 1. The second-order valence-corrected chi connectivity index (χ2v) is 7.66. The van der Waals surface area contributed by atoms with Crippen molar-refractivity contribution >= 4 is 45.9 Å². The zero-order chi connectivity index (χ0) is 22.1. The molecule has 1 N–H and O–H groups in total. The highest BCUT2D eigenvalue weighted by Gasteiger charge is 2.37. The number of nitrogens with one attached hydrogen (secondary N) is 1. The number of aromatic nitrogens is 1. The van der Waals surface area contributed by atoms with Gasteiger partial charge in [0.2, 0.25) is 11.8 Å². The fourth-order valence-electron chi connectivity index (χ4n) is 3.68. The molecule has 1 saturated heterocycles. The summed E-state index contributed by atoms with van der Waals surface area (Å²) in [6, 6.07) is 9.20. The Hall–Kier alpha value is -3.39. The van der Waals surface area contributed by atoms with Crippen LogP contribution in [-0.2, 0) is 9.59 Å². The molecule has 8 nitrogen and oxygen atoms in total. The molecule has 2 heterocycles. The maximum atomic E-state index is 12.8. The number of carbonyl (C=O) groups is 3. The van der Waals surface area contributed by atoms with E-state index in [1.54, 1.807) is 43.3 Å². The van der Waals surface area contributed by atoms with Crippen LogP contribution in [0.2, 0.25) is 5.02 Å². The van der Waals surface area contributed by atoms with E-state index in [1.807, 2.05) is 0 Å². The van der Waals surface area contributed by atoms with Crippen LogP contribution in [0.1, 0.15) is 28.9 Å². The van der Waals surface area contributed by atoms with Crippen molar-refractivity contribution in [2.45, 2.75) is 25.8 Å². The van der Waals surface area contributed by atoms with Crippen LogP contribution in [0.5, 0.6) is 5.75 Å². The van der Waals surface area contributed by atoms with Crippen molar-refractivity contribution in [2.24, 2.45) is 0 Å². The zero-order valence-electron chi connectivity index (χ0n) is 17.0. The Morgan fingerprint density at radius 3 is 2.84 bits per heavy atom. The number of amides is 2. The molecule has 2 aromatic carbocycles. The van der Waals surface area contributed by atoms with Crippen LogP contribution >= 0.6 is 11.6 Å². The minimum Gasteiger partial charge on any atom is -0.495 e. The summed E-state index contributed by atoms with van der Waals surface area (Å²) in [5, 5.41) is 7.62. The van der Waals surface area contributed by atoms with E-state index in [9.17, 15) is 14.4 Å². The number of ether oxygens (including phenoxy) is 1. The topological polar surface area (TPSA) is 102 Å². The highest BCUT2D eigenvalue weighted by Crippen LogP contribution is 2.33. The van der Waals surface area contributed by atoms with E-state index in [-0.39, 0.29) is 24.7 Å². The summed E-state index contributed by atoms with van der Waals surface area (Å²) >= 11 is 6.18. The average Bonchev–Trinajstić information content (AvgIpc) is 3.34. The molecule has 2 amide bonds. The molecule has 0 unspecified atom stereocenters. The Morgan fingerprint density at radius 2 is 2.10 bits per heavy atom. The molecule has 0 saturated carbocycles. The number of anilines is 1. The molecule has 1 fully saturated rings. The number of rotatable bonds is 6. The van der Waals surface area contributed by atoms with Crippen molar-refractivity contribution in [1.29, 1.82) is 0 Å². The normalized spacial score (nSPS) is 16.0. The number of nitrogens with zero attached hydrogens (tertiary/aromatic N) is 2. The fraction of sp³-hybridized carbons (Fsp3) is 0.273. The molecule has 160 valence electrons. The van der Waals surface area contributed by atoms with E-state index < -0.39 is 11.9 Å². The van der Waals surface area contributed by atoms with Gasteiger partial charge in [0.05, 0.1) is 24.4 Å². The molecule has 1 aliphatic heterocycles. The smallest absolute Gasteiger partial charge is 0.243 e. The number of fused-ring (bicyclic) bond motifs is 1. The van der Waals surface area contributed by atoms with E-state index in [0.717, 1.165) is 5.39 Å². The van der Waals surface area contributed by atoms with Gasteiger partial charge in [0.15, 0.2) is 11.4 Å². The minimum atomic E-state index is -0.715. The number of hydrogen-bond acceptors (Lipinski definition) is 6. The van der Waals surface area contributed by atoms with Gasteiger partial charge in [0, 0.05) is 23.1 Å². The number of Topliss-reactive ketones (excluding diaryl/α,β-unsaturated/α-hetero) is 1. The predicted molar refractivity (Wildman–Crippen MR) is 115 cm³/mol. The third-order valence-electron chi connectivity index (χ3n) is 5.32. The van der Waals surface area contributed by atoms with Gasteiger partial charge < -0.3 is 14.6 Å². The summed E-state index contributed by atoms with van der Waals surface area (Å²) in [7, 11) is 1.50. The van der Waals surface area contributed by atoms with E-state index in [2.05, 4.69) is 10.5 Å². The molecule has 0 spiro atoms. The molecular formula is C22H20ClN3O5. The SMILES string of the molecule is COc1ccc(N2C(=O)CC[C@H]2C(=O)NCC(=O)c2ccc3onc(C)c3c2)cc1Cl. The van der Waals surface area contributed by atoms with Gasteiger partial charge in [-0.15, -0.1) is 0 Å². The van der Waals surface area contributed by atoms with Gasteiger partial charge in [-0.25, -0.2) is 0 Å². The molecule has 31 heavy (non-hydrogen) atoms. The number of ketones is 1. The third-order valence-corrected chi connectivity index (χ3v) is 5.62. The van der Waals surface area contributed by atoms with E-state index >= 15 is 0 Å². The summed E-state index contributed by atoms with van der Waals surface area (Å²) in [5.74, 6) is -0.350. The Labute approximate surface area is 183 Å². The molecule has 1 aliphatic rings. The van der Waals surface area contributed by atoms with Crippen LogP contribution in [0.3, 0.4) is 0 Å². The predicted octanol–water partition coefficient (Wildman–Crippen LogP) is 3.29. The maximum absolute atomic E-state index is 12.8. The largest absolute Gasteiger partial charge is 0.495 e. The van der Waals surface area contributed by atoms with Crippen LogP contribution in [0.15, 0.2) is 40.9 Å². The van der Waals surface area contributed by atoms with Crippen molar-refractivity contribution < 1.29 is 23.6 Å². The summed E-state index contributed by atoms with van der Waals surface area (Å²) in [5.41, 5.74) is 2.23. The second kappa shape index (κ2) is 8.39. The molecule has 1 atom stereocenters. The number of hydrogen-bond donors (Lipinski definition) is 1. The summed E-state index contributed by atoms with van der Waals surface area (Å²) in [4.78, 5) is 39.2. The Balaban J connectivity index is 1.46. The lowest BCUT2D eigenvalue weighted by atomic mass is 10.1. The lowest BCUT2D eigenvalue weighted by Crippen LogP contribution is -2.46. The Kier molecular flexibility index (Phi) is 5.65. The monoisotopic (exact) mass is 441 g/mol. The molecule has 4 rings (SSSR count). The van der Waals surface area contributed by atoms with Gasteiger partial charge in [0.25, 0.3) is 0 Å². The van der Waals surface area contributed by atoms with Crippen molar-refractivity contribution in [2.75, 3.05) is 18.6 Å². The van der Waals surface area contributed by atoms with Gasteiger partial charge in [-0.1, -0.05) is 16.8 Å². The number of methoxy groups -OCH3 is 1. The molecule has 0 aliphatic carbocycles. The van der Waals surface area contributed by atoms with E-state index in [1.165, 1.54) is 12.0 Å². The standard InChI is InChI=1S/C22H20ClN3O5/c1-12-15-9-13(3-6-19(15)31-25-12)18(27)11-24-22(29)17-5-8-21(28)26(17)14-4-7-20(30-2)16(23)10-14/h3-4,6-7,9-10,17H,5,8,11H2,1-2H3,(H,24,29)/t17-/m0/s1. The molecule has 3 aromatic rings. The van der Waals surface area contributed by atoms with Gasteiger partial charge >= 0.3 is 0 Å². The average molecular weight is 442 g/mol. The van der Waals surface area contributed by atoms with Gasteiger partial charge in [-0.2, -0.15) is 0 Å². The number of carbonyl (C=O) groups excluding carboxylic acids is 3. The van der Waals surface area contributed by atoms with E-state index in [0.29, 0.717) is 39.7 Å². The molecule has 0 bridgehead atoms. The molecule has 0 radical (unpaired) electrons. The summed E-state index contributed by atoms with van der Waals surface area (Å²) in [6.45, 7) is 1.61. The van der Waals surface area contributed by atoms with Gasteiger partial charge in [-0.3, -0.25) is 19.3 Å². The van der Waals surface area contributed by atoms with Crippen LogP contribution in [0, 0.1) is 6.92 Å². The maximum Gasteiger partial charge on any atom is 0.243 e. The number of benzene rings is 2. The first-order valence-corrected chi connectivity index (χ1v) is 10.1. The Bertz CT molecular complexity index is 1190. The van der Waals surface area contributed by atoms with Crippen LogP contribution in [0.25, 0.3) is 11.0 Å². The van der Waals surface area contributed by atoms with E-state index in [4.69, 9.17) is 20.9 Å². The quantitative estimate of drug-likeness (QED) is 0.589. The first-order valence-electron chi connectivity index (χ1n) is 9.71. The van der Waals surface area contributed by atoms with Crippen molar-refractivity contribution in [3.63, 3.8) is 0 Å². The third kappa shape index (κ3) is 3.98. The van der Waals surface area contributed by atoms with Crippen molar-refractivity contribution in [3.8, 4) is 5.75 Å². The van der Waals surface area contributed by atoms with Crippen LogP contribution in [-0.4, -0.2) is 42.5 Å².